The van der Waals surface area contributed by atoms with Crippen molar-refractivity contribution in [3.05, 3.63) is 89.5 Å². The molecule has 0 heterocycles. The summed E-state index contributed by atoms with van der Waals surface area (Å²) in [5.74, 6) is -0.111. The minimum Gasteiger partial charge on any atom is -0.497 e. The van der Waals surface area contributed by atoms with Crippen molar-refractivity contribution in [2.24, 2.45) is 0 Å². The molecule has 1 unspecified atom stereocenters. The zero-order chi connectivity index (χ0) is 29.6. The number of nitrogens with one attached hydrogen (secondary N) is 1. The van der Waals surface area contributed by atoms with Crippen LogP contribution in [-0.2, 0) is 26.2 Å². The zero-order valence-corrected chi connectivity index (χ0v) is 25.0. The van der Waals surface area contributed by atoms with E-state index in [1.807, 2.05) is 44.2 Å². The summed E-state index contributed by atoms with van der Waals surface area (Å²) < 4.78 is 34.4. The van der Waals surface area contributed by atoms with Gasteiger partial charge in [0.2, 0.25) is 11.8 Å². The predicted molar refractivity (Wildman–Crippen MR) is 160 cm³/mol. The molecule has 218 valence electrons. The zero-order valence-electron chi connectivity index (χ0n) is 24.2. The smallest absolute Gasteiger partial charge is 0.264 e. The van der Waals surface area contributed by atoms with Crippen molar-refractivity contribution >= 4 is 27.5 Å². The fourth-order valence-corrected chi connectivity index (χ4v) is 6.76. The molecule has 1 saturated carbocycles. The third-order valence-electron chi connectivity index (χ3n) is 7.59. The summed E-state index contributed by atoms with van der Waals surface area (Å²) in [4.78, 5) is 29.0. The van der Waals surface area contributed by atoms with Crippen LogP contribution in [0, 0.1) is 13.8 Å². The van der Waals surface area contributed by atoms with Gasteiger partial charge < -0.3 is 15.0 Å². The Bertz CT molecular complexity index is 1470. The molecule has 4 rings (SSSR count). The molecule has 1 N–H and O–H groups in total. The summed E-state index contributed by atoms with van der Waals surface area (Å²) in [5, 5.41) is 3.09. The van der Waals surface area contributed by atoms with Crippen LogP contribution in [0.2, 0.25) is 0 Å². The Kier molecular flexibility index (Phi) is 9.70. The van der Waals surface area contributed by atoms with Gasteiger partial charge in [0.25, 0.3) is 10.0 Å². The largest absolute Gasteiger partial charge is 0.497 e. The van der Waals surface area contributed by atoms with Crippen LogP contribution >= 0.6 is 0 Å². The highest BCUT2D eigenvalue weighted by atomic mass is 32.2. The molecule has 8 nitrogen and oxygen atoms in total. The Morgan fingerprint density at radius 2 is 1.68 bits per heavy atom. The number of aryl methyl sites for hydroxylation is 2. The maximum absolute atomic E-state index is 14.1. The van der Waals surface area contributed by atoms with Gasteiger partial charge >= 0.3 is 0 Å². The number of ether oxygens (including phenoxy) is 1. The topological polar surface area (TPSA) is 96.0 Å². The molecule has 1 atom stereocenters. The highest BCUT2D eigenvalue weighted by molar-refractivity contribution is 7.92. The van der Waals surface area contributed by atoms with Crippen molar-refractivity contribution in [1.29, 1.82) is 0 Å². The van der Waals surface area contributed by atoms with E-state index in [-0.39, 0.29) is 23.4 Å². The van der Waals surface area contributed by atoms with Gasteiger partial charge in [-0.3, -0.25) is 13.9 Å². The number of carbonyl (C=O) groups is 2. The minimum absolute atomic E-state index is 0.0825. The predicted octanol–water partition coefficient (Wildman–Crippen LogP) is 4.98. The molecule has 2 amide bonds. The van der Waals surface area contributed by atoms with E-state index in [4.69, 9.17) is 4.74 Å². The first kappa shape index (κ1) is 30.1. The molecule has 9 heteroatoms. The lowest BCUT2D eigenvalue weighted by atomic mass is 10.1. The van der Waals surface area contributed by atoms with Crippen LogP contribution in [0.3, 0.4) is 0 Å². The van der Waals surface area contributed by atoms with E-state index >= 15 is 0 Å². The number of carbonyl (C=O) groups excluding carboxylic acids is 2. The molecule has 1 aliphatic carbocycles. The molecule has 0 aromatic heterocycles. The first-order valence-corrected chi connectivity index (χ1v) is 15.4. The number of methoxy groups -OCH3 is 1. The number of hydrogen-bond acceptors (Lipinski definition) is 5. The maximum atomic E-state index is 14.1. The van der Waals surface area contributed by atoms with Gasteiger partial charge in [0.15, 0.2) is 0 Å². The van der Waals surface area contributed by atoms with Crippen LogP contribution in [0.25, 0.3) is 0 Å². The fourth-order valence-electron chi connectivity index (χ4n) is 5.26. The summed E-state index contributed by atoms with van der Waals surface area (Å²) in [6.45, 7) is 5.09. The third kappa shape index (κ3) is 7.27. The summed E-state index contributed by atoms with van der Waals surface area (Å²) >= 11 is 0. The second kappa shape index (κ2) is 13.2. The van der Waals surface area contributed by atoms with Crippen LogP contribution in [0.4, 0.5) is 5.69 Å². The first-order chi connectivity index (χ1) is 19.6. The Morgan fingerprint density at radius 3 is 2.34 bits per heavy atom. The summed E-state index contributed by atoms with van der Waals surface area (Å²) in [6, 6.07) is 20.1. The Balaban J connectivity index is 1.71. The lowest BCUT2D eigenvalue weighted by molar-refractivity contribution is -0.139. The van der Waals surface area contributed by atoms with Gasteiger partial charge in [-0.1, -0.05) is 60.9 Å². The SMILES string of the molecule is COc1cccc(CN(C(=O)CN(c2ccc(C)cc2C)S(=O)(=O)c2ccccc2)C(C)C(=O)NC2CCCC2)c1. The van der Waals surface area contributed by atoms with Gasteiger partial charge in [0.1, 0.15) is 18.3 Å². The number of amides is 2. The molecule has 1 aliphatic rings. The maximum Gasteiger partial charge on any atom is 0.264 e. The normalized spacial score (nSPS) is 14.3. The number of sulfonamides is 1. The molecule has 0 aliphatic heterocycles. The number of hydrogen-bond donors (Lipinski definition) is 1. The minimum atomic E-state index is -4.10. The van der Waals surface area contributed by atoms with Gasteiger partial charge in [-0.2, -0.15) is 0 Å². The van der Waals surface area contributed by atoms with E-state index in [0.29, 0.717) is 11.4 Å². The van der Waals surface area contributed by atoms with Crippen LogP contribution in [0.5, 0.6) is 5.75 Å². The number of nitrogens with zero attached hydrogens (tertiary/aromatic N) is 2. The fraction of sp³-hybridized carbons (Fsp3) is 0.375. The van der Waals surface area contributed by atoms with Crippen molar-refractivity contribution < 1.29 is 22.7 Å². The van der Waals surface area contributed by atoms with Crippen LogP contribution < -0.4 is 14.4 Å². The van der Waals surface area contributed by atoms with E-state index in [9.17, 15) is 18.0 Å². The molecular formula is C32H39N3O5S. The molecule has 0 saturated heterocycles. The van der Waals surface area contributed by atoms with Crippen LogP contribution in [-0.4, -0.2) is 50.9 Å². The van der Waals surface area contributed by atoms with Crippen molar-refractivity contribution in [2.45, 2.75) is 70.0 Å². The summed E-state index contributed by atoms with van der Waals surface area (Å²) in [7, 11) is -2.54. The van der Waals surface area contributed by atoms with Crippen LogP contribution in [0.1, 0.15) is 49.3 Å². The first-order valence-electron chi connectivity index (χ1n) is 14.0. The average Bonchev–Trinajstić information content (AvgIpc) is 3.48. The molecule has 3 aromatic rings. The van der Waals surface area contributed by atoms with Crippen molar-refractivity contribution in [2.75, 3.05) is 18.0 Å². The van der Waals surface area contributed by atoms with Gasteiger partial charge in [0, 0.05) is 12.6 Å². The molecular weight excluding hydrogens is 538 g/mol. The Hall–Kier alpha value is -3.85. The molecule has 41 heavy (non-hydrogen) atoms. The van der Waals surface area contributed by atoms with E-state index in [0.717, 1.165) is 46.7 Å². The highest BCUT2D eigenvalue weighted by Crippen LogP contribution is 2.28. The Morgan fingerprint density at radius 1 is 0.976 bits per heavy atom. The Labute approximate surface area is 243 Å². The van der Waals surface area contributed by atoms with Gasteiger partial charge in [-0.15, -0.1) is 0 Å². The lowest BCUT2D eigenvalue weighted by Crippen LogP contribution is -2.52. The van der Waals surface area contributed by atoms with Crippen molar-refractivity contribution in [3.8, 4) is 5.75 Å². The number of anilines is 1. The van der Waals surface area contributed by atoms with E-state index in [1.54, 1.807) is 44.4 Å². The van der Waals surface area contributed by atoms with E-state index < -0.39 is 28.5 Å². The van der Waals surface area contributed by atoms with Gasteiger partial charge in [-0.05, 0) is 75.1 Å². The standard InChI is InChI=1S/C32H39N3O5S/c1-23-17-18-30(24(2)19-23)35(41(38,39)29-15-6-5-7-16-29)22-31(36)34(21-26-11-10-14-28(20-26)40-4)25(3)32(37)33-27-12-8-9-13-27/h5-7,10-11,14-20,25,27H,8-9,12-13,21-22H2,1-4H3,(H,33,37). The second-order valence-corrected chi connectivity index (χ2v) is 12.5. The lowest BCUT2D eigenvalue weighted by Gasteiger charge is -2.33. The van der Waals surface area contributed by atoms with Gasteiger partial charge in [-0.25, -0.2) is 8.42 Å². The quantitative estimate of drug-likeness (QED) is 0.347. The second-order valence-electron chi connectivity index (χ2n) is 10.7. The van der Waals surface area contributed by atoms with Crippen molar-refractivity contribution in [3.63, 3.8) is 0 Å². The van der Waals surface area contributed by atoms with Crippen molar-refractivity contribution in [1.82, 2.24) is 10.2 Å². The monoisotopic (exact) mass is 577 g/mol. The summed E-state index contributed by atoms with van der Waals surface area (Å²) in [5.41, 5.74) is 2.88. The summed E-state index contributed by atoms with van der Waals surface area (Å²) in [6.07, 6.45) is 3.96. The average molecular weight is 578 g/mol. The molecule has 1 fully saturated rings. The molecule has 0 spiro atoms. The van der Waals surface area contributed by atoms with E-state index in [1.165, 1.54) is 17.0 Å². The highest BCUT2D eigenvalue weighted by Gasteiger charge is 2.33. The van der Waals surface area contributed by atoms with Crippen LogP contribution in [0.15, 0.2) is 77.7 Å². The number of benzene rings is 3. The molecule has 0 radical (unpaired) electrons. The third-order valence-corrected chi connectivity index (χ3v) is 9.36. The number of rotatable bonds is 11. The van der Waals surface area contributed by atoms with Gasteiger partial charge in [0.05, 0.1) is 17.7 Å². The molecule has 0 bridgehead atoms. The molecule has 3 aromatic carbocycles. The van der Waals surface area contributed by atoms with E-state index in [2.05, 4.69) is 5.32 Å².